The molecule has 0 bridgehead atoms. The molecule has 1 aliphatic heterocycles. The number of hydrogen-bond donors (Lipinski definition) is 0. The third-order valence-corrected chi connectivity index (χ3v) is 3.17. The lowest BCUT2D eigenvalue weighted by atomic mass is 9.97. The van der Waals surface area contributed by atoms with Crippen molar-refractivity contribution < 1.29 is 14.0 Å². The van der Waals surface area contributed by atoms with Gasteiger partial charge in [-0.1, -0.05) is 20.8 Å². The van der Waals surface area contributed by atoms with E-state index in [-0.39, 0.29) is 17.1 Å². The van der Waals surface area contributed by atoms with Crippen molar-refractivity contribution >= 4 is 5.95 Å². The van der Waals surface area contributed by atoms with E-state index >= 15 is 0 Å². The first-order valence-electron chi connectivity index (χ1n) is 6.97. The van der Waals surface area contributed by atoms with Gasteiger partial charge >= 0.3 is 0 Å². The van der Waals surface area contributed by atoms with Crippen LogP contribution in [-0.2, 0) is 14.9 Å². The van der Waals surface area contributed by atoms with Gasteiger partial charge in [0, 0.05) is 25.6 Å². The molecule has 0 aromatic carbocycles. The van der Waals surface area contributed by atoms with E-state index in [1.54, 1.807) is 7.11 Å². The summed E-state index contributed by atoms with van der Waals surface area (Å²) < 4.78 is 16.6. The number of anilines is 1. The third kappa shape index (κ3) is 3.49. The Kier molecular flexibility index (Phi) is 4.07. The summed E-state index contributed by atoms with van der Waals surface area (Å²) in [5.74, 6) is 1.28. The van der Waals surface area contributed by atoms with Gasteiger partial charge < -0.3 is 18.9 Å². The second kappa shape index (κ2) is 5.33. The summed E-state index contributed by atoms with van der Waals surface area (Å²) in [4.78, 5) is 6.62. The number of hydrogen-bond acceptors (Lipinski definition) is 6. The predicted molar refractivity (Wildman–Crippen MR) is 76.0 cm³/mol. The minimum absolute atomic E-state index is 0.0142. The molecule has 1 unspecified atom stereocenters. The topological polar surface area (TPSA) is 60.6 Å². The van der Waals surface area contributed by atoms with Crippen LogP contribution >= 0.6 is 0 Å². The average Bonchev–Trinajstić information content (AvgIpc) is 2.75. The van der Waals surface area contributed by atoms with Crippen LogP contribution in [0.1, 0.15) is 40.5 Å². The highest BCUT2D eigenvalue weighted by Gasteiger charge is 2.35. The summed E-state index contributed by atoms with van der Waals surface area (Å²) in [6.07, 6.45) is 0.0142. The Hall–Kier alpha value is -1.14. The van der Waals surface area contributed by atoms with Gasteiger partial charge in [0.1, 0.15) is 0 Å². The first-order chi connectivity index (χ1) is 9.21. The van der Waals surface area contributed by atoms with Crippen molar-refractivity contribution in [1.82, 2.24) is 10.1 Å². The van der Waals surface area contributed by atoms with Crippen LogP contribution in [-0.4, -0.2) is 48.7 Å². The van der Waals surface area contributed by atoms with Crippen LogP contribution in [0.3, 0.4) is 0 Å². The van der Waals surface area contributed by atoms with Crippen molar-refractivity contribution in [2.75, 3.05) is 31.7 Å². The maximum Gasteiger partial charge on any atom is 0.266 e. The van der Waals surface area contributed by atoms with Crippen LogP contribution in [0.4, 0.5) is 5.95 Å². The number of methoxy groups -OCH3 is 1. The highest BCUT2D eigenvalue weighted by Crippen LogP contribution is 2.27. The van der Waals surface area contributed by atoms with Crippen LogP contribution in [0, 0.1) is 0 Å². The SMILES string of the molecule is COCC1CN(c2noc(C(C)(C)C)n2)CC(C)(C)O1. The molecule has 1 aromatic heterocycles. The third-order valence-electron chi connectivity index (χ3n) is 3.17. The summed E-state index contributed by atoms with van der Waals surface area (Å²) >= 11 is 0. The fraction of sp³-hybridized carbons (Fsp3) is 0.857. The minimum atomic E-state index is -0.260. The number of ether oxygens (including phenoxy) is 2. The van der Waals surface area contributed by atoms with Gasteiger partial charge in [-0.25, -0.2) is 0 Å². The zero-order chi connectivity index (χ0) is 15.0. The van der Waals surface area contributed by atoms with Gasteiger partial charge in [-0.15, -0.1) is 0 Å². The van der Waals surface area contributed by atoms with E-state index in [0.29, 0.717) is 25.0 Å². The molecule has 6 heteroatoms. The van der Waals surface area contributed by atoms with Crippen molar-refractivity contribution in [3.05, 3.63) is 5.89 Å². The fourth-order valence-corrected chi connectivity index (χ4v) is 2.37. The Bertz CT molecular complexity index is 451. The van der Waals surface area contributed by atoms with Crippen molar-refractivity contribution in [1.29, 1.82) is 0 Å². The van der Waals surface area contributed by atoms with Gasteiger partial charge in [0.05, 0.1) is 18.3 Å². The molecule has 20 heavy (non-hydrogen) atoms. The van der Waals surface area contributed by atoms with E-state index in [0.717, 1.165) is 6.54 Å². The second-order valence-electron chi connectivity index (χ2n) is 6.98. The number of nitrogens with zero attached hydrogens (tertiary/aromatic N) is 3. The van der Waals surface area contributed by atoms with Gasteiger partial charge in [0.15, 0.2) is 0 Å². The maximum atomic E-state index is 5.99. The number of rotatable bonds is 3. The van der Waals surface area contributed by atoms with Crippen LogP contribution in [0.15, 0.2) is 4.52 Å². The summed E-state index contributed by atoms with van der Waals surface area (Å²) in [5.41, 5.74) is -0.400. The fourth-order valence-electron chi connectivity index (χ4n) is 2.37. The molecule has 0 radical (unpaired) electrons. The molecule has 0 saturated carbocycles. The van der Waals surface area contributed by atoms with E-state index in [1.165, 1.54) is 0 Å². The largest absolute Gasteiger partial charge is 0.382 e. The first-order valence-corrected chi connectivity index (χ1v) is 6.97. The minimum Gasteiger partial charge on any atom is -0.382 e. The molecular formula is C14H25N3O3. The van der Waals surface area contributed by atoms with E-state index in [1.807, 2.05) is 0 Å². The Morgan fingerprint density at radius 3 is 2.65 bits per heavy atom. The molecule has 0 N–H and O–H groups in total. The summed E-state index contributed by atoms with van der Waals surface area (Å²) in [6.45, 7) is 12.3. The smallest absolute Gasteiger partial charge is 0.266 e. The molecule has 1 atom stereocenters. The molecule has 2 heterocycles. The molecule has 6 nitrogen and oxygen atoms in total. The van der Waals surface area contributed by atoms with E-state index in [4.69, 9.17) is 14.0 Å². The Balaban J connectivity index is 2.16. The summed E-state index contributed by atoms with van der Waals surface area (Å²) in [6, 6.07) is 0. The lowest BCUT2D eigenvalue weighted by Crippen LogP contribution is -2.54. The zero-order valence-electron chi connectivity index (χ0n) is 13.3. The van der Waals surface area contributed by atoms with E-state index < -0.39 is 0 Å². The van der Waals surface area contributed by atoms with Crippen LogP contribution in [0.5, 0.6) is 0 Å². The second-order valence-corrected chi connectivity index (χ2v) is 6.98. The molecular weight excluding hydrogens is 258 g/mol. The highest BCUT2D eigenvalue weighted by atomic mass is 16.5. The van der Waals surface area contributed by atoms with Gasteiger partial charge in [0.25, 0.3) is 5.95 Å². The standard InChI is InChI=1S/C14H25N3O3/c1-13(2,3)11-15-12(16-20-11)17-7-10(8-18-6)19-14(4,5)9-17/h10H,7-9H2,1-6H3. The molecule has 0 amide bonds. The molecule has 1 fully saturated rings. The van der Waals surface area contributed by atoms with Crippen molar-refractivity contribution in [3.63, 3.8) is 0 Å². The predicted octanol–water partition coefficient (Wildman–Crippen LogP) is 2.00. The normalized spacial score (nSPS) is 23.1. The van der Waals surface area contributed by atoms with Crippen LogP contribution < -0.4 is 4.90 Å². The van der Waals surface area contributed by atoms with Gasteiger partial charge in [-0.2, -0.15) is 4.98 Å². The monoisotopic (exact) mass is 283 g/mol. The average molecular weight is 283 g/mol. The maximum absolute atomic E-state index is 5.99. The van der Waals surface area contributed by atoms with E-state index in [2.05, 4.69) is 49.7 Å². The Labute approximate surface area is 120 Å². The Morgan fingerprint density at radius 2 is 2.10 bits per heavy atom. The first kappa shape index (κ1) is 15.3. The van der Waals surface area contributed by atoms with Crippen LogP contribution in [0.2, 0.25) is 0 Å². The molecule has 114 valence electrons. The number of aromatic nitrogens is 2. The van der Waals surface area contributed by atoms with Gasteiger partial charge in [-0.3, -0.25) is 0 Å². The van der Waals surface area contributed by atoms with Crippen molar-refractivity contribution in [2.24, 2.45) is 0 Å². The lowest BCUT2D eigenvalue weighted by molar-refractivity contribution is -0.106. The Morgan fingerprint density at radius 1 is 1.40 bits per heavy atom. The molecule has 1 aromatic rings. The molecule has 0 aliphatic carbocycles. The van der Waals surface area contributed by atoms with E-state index in [9.17, 15) is 0 Å². The molecule has 1 saturated heterocycles. The lowest BCUT2D eigenvalue weighted by Gasteiger charge is -2.42. The molecule has 0 spiro atoms. The highest BCUT2D eigenvalue weighted by molar-refractivity contribution is 5.31. The summed E-state index contributed by atoms with van der Waals surface area (Å²) in [5, 5.41) is 4.11. The van der Waals surface area contributed by atoms with Gasteiger partial charge in [-0.05, 0) is 19.0 Å². The van der Waals surface area contributed by atoms with Crippen molar-refractivity contribution in [3.8, 4) is 0 Å². The molecule has 2 rings (SSSR count). The number of morpholine rings is 1. The quantitative estimate of drug-likeness (QED) is 0.845. The van der Waals surface area contributed by atoms with Crippen molar-refractivity contribution in [2.45, 2.75) is 51.7 Å². The summed E-state index contributed by atoms with van der Waals surface area (Å²) in [7, 11) is 1.68. The van der Waals surface area contributed by atoms with Crippen LogP contribution in [0.25, 0.3) is 0 Å². The molecule has 1 aliphatic rings. The van der Waals surface area contributed by atoms with Gasteiger partial charge in [0.2, 0.25) is 5.89 Å². The zero-order valence-corrected chi connectivity index (χ0v) is 13.3.